The second kappa shape index (κ2) is 6.54. The average Bonchev–Trinajstić information content (AvgIpc) is 3.22. The number of H-pyrrole nitrogens is 1. The lowest BCUT2D eigenvalue weighted by molar-refractivity contribution is -0.134. The van der Waals surface area contributed by atoms with Crippen LogP contribution in [-0.2, 0) is 4.79 Å². The molecule has 2 heterocycles. The van der Waals surface area contributed by atoms with Crippen LogP contribution in [0, 0.1) is 5.92 Å². The van der Waals surface area contributed by atoms with E-state index < -0.39 is 6.04 Å². The maximum atomic E-state index is 12.6. The Balaban J connectivity index is 1.81. The first kappa shape index (κ1) is 15.7. The first-order chi connectivity index (χ1) is 11.1. The Kier molecular flexibility index (Phi) is 4.48. The highest BCUT2D eigenvalue weighted by Crippen LogP contribution is 2.32. The summed E-state index contributed by atoms with van der Waals surface area (Å²) in [7, 11) is 0. The molecule has 1 aromatic carbocycles. The number of nitrogens with zero attached hydrogens (tertiary/aromatic N) is 2. The number of carbonyl (C=O) groups excluding carboxylic acids is 1. The largest absolute Gasteiger partial charge is 0.340 e. The van der Waals surface area contributed by atoms with Crippen molar-refractivity contribution in [3.05, 3.63) is 42.4 Å². The summed E-state index contributed by atoms with van der Waals surface area (Å²) < 4.78 is 0. The number of aromatic nitrogens is 2. The number of rotatable bonds is 4. The number of aromatic amines is 1. The van der Waals surface area contributed by atoms with Gasteiger partial charge >= 0.3 is 0 Å². The molecule has 5 heteroatoms. The van der Waals surface area contributed by atoms with Crippen LogP contribution in [0.5, 0.6) is 0 Å². The molecule has 0 bridgehead atoms. The summed E-state index contributed by atoms with van der Waals surface area (Å²) in [5, 5.41) is 0. The fourth-order valence-corrected chi connectivity index (χ4v) is 3.06. The number of likely N-dealkylation sites (tertiary alicyclic amines) is 1. The van der Waals surface area contributed by atoms with Gasteiger partial charge in [0.2, 0.25) is 5.91 Å². The molecule has 122 valence electrons. The summed E-state index contributed by atoms with van der Waals surface area (Å²) in [4.78, 5) is 22.4. The monoisotopic (exact) mass is 312 g/mol. The third kappa shape index (κ3) is 3.15. The second-order valence-corrected chi connectivity index (χ2v) is 6.51. The van der Waals surface area contributed by atoms with Crippen molar-refractivity contribution in [3.8, 4) is 11.3 Å². The summed E-state index contributed by atoms with van der Waals surface area (Å²) in [6, 6.07) is 9.65. The van der Waals surface area contributed by atoms with Gasteiger partial charge < -0.3 is 15.6 Å². The lowest BCUT2D eigenvalue weighted by atomic mass is 10.0. The molecule has 0 aliphatic carbocycles. The fourth-order valence-electron chi connectivity index (χ4n) is 3.06. The van der Waals surface area contributed by atoms with Gasteiger partial charge in [-0.3, -0.25) is 4.79 Å². The highest BCUT2D eigenvalue weighted by atomic mass is 16.2. The first-order valence-corrected chi connectivity index (χ1v) is 8.24. The summed E-state index contributed by atoms with van der Waals surface area (Å²) in [5.74, 6) is 1.02. The fraction of sp³-hybridized carbons (Fsp3) is 0.444. The van der Waals surface area contributed by atoms with Gasteiger partial charge in [-0.25, -0.2) is 4.98 Å². The third-order valence-electron chi connectivity index (χ3n) is 4.54. The summed E-state index contributed by atoms with van der Waals surface area (Å²) in [6.07, 6.45) is 3.76. The molecule has 1 aliphatic heterocycles. The zero-order chi connectivity index (χ0) is 16.4. The molecule has 23 heavy (non-hydrogen) atoms. The van der Waals surface area contributed by atoms with E-state index in [2.05, 4.69) is 9.97 Å². The van der Waals surface area contributed by atoms with E-state index >= 15 is 0 Å². The van der Waals surface area contributed by atoms with E-state index in [1.807, 2.05) is 55.3 Å². The van der Waals surface area contributed by atoms with E-state index in [1.165, 1.54) is 0 Å². The predicted octanol–water partition coefficient (Wildman–Crippen LogP) is 2.72. The maximum Gasteiger partial charge on any atom is 0.240 e. The van der Waals surface area contributed by atoms with Crippen LogP contribution < -0.4 is 5.73 Å². The van der Waals surface area contributed by atoms with Crippen molar-refractivity contribution in [2.75, 3.05) is 6.54 Å². The minimum Gasteiger partial charge on any atom is -0.340 e. The van der Waals surface area contributed by atoms with Crippen molar-refractivity contribution in [2.24, 2.45) is 11.7 Å². The van der Waals surface area contributed by atoms with Gasteiger partial charge in [-0.15, -0.1) is 0 Å². The predicted molar refractivity (Wildman–Crippen MR) is 90.5 cm³/mol. The molecular weight excluding hydrogens is 288 g/mol. The van der Waals surface area contributed by atoms with E-state index in [4.69, 9.17) is 5.73 Å². The van der Waals surface area contributed by atoms with Crippen molar-refractivity contribution in [3.63, 3.8) is 0 Å². The maximum absolute atomic E-state index is 12.6. The van der Waals surface area contributed by atoms with Gasteiger partial charge in [0, 0.05) is 6.54 Å². The van der Waals surface area contributed by atoms with Crippen molar-refractivity contribution in [1.82, 2.24) is 14.9 Å². The molecule has 0 saturated carbocycles. The van der Waals surface area contributed by atoms with E-state index in [1.54, 1.807) is 0 Å². The van der Waals surface area contributed by atoms with E-state index in [-0.39, 0.29) is 17.9 Å². The normalized spacial score (nSPS) is 19.3. The minimum atomic E-state index is -0.445. The van der Waals surface area contributed by atoms with Gasteiger partial charge in [0.25, 0.3) is 0 Å². The Morgan fingerprint density at radius 3 is 2.78 bits per heavy atom. The smallest absolute Gasteiger partial charge is 0.240 e. The van der Waals surface area contributed by atoms with Crippen LogP contribution in [0.1, 0.15) is 38.6 Å². The molecule has 5 nitrogen and oxygen atoms in total. The molecule has 0 radical (unpaired) electrons. The molecule has 1 aliphatic rings. The standard InChI is InChI=1S/C18H24N4O/c1-12(2)16(19)18(23)22-10-6-9-15(22)17-20-11-14(21-17)13-7-4-3-5-8-13/h3-5,7-8,11-12,15-16H,6,9-10,19H2,1-2H3,(H,20,21)/t15-,16-/m0/s1. The molecule has 0 spiro atoms. The molecule has 1 aromatic heterocycles. The lowest BCUT2D eigenvalue weighted by Gasteiger charge is -2.27. The molecule has 3 rings (SSSR count). The first-order valence-electron chi connectivity index (χ1n) is 8.24. The van der Waals surface area contributed by atoms with Crippen LogP contribution in [0.3, 0.4) is 0 Å². The summed E-state index contributed by atoms with van der Waals surface area (Å²) in [6.45, 7) is 4.72. The Labute approximate surface area is 136 Å². The van der Waals surface area contributed by atoms with E-state index in [9.17, 15) is 4.79 Å². The van der Waals surface area contributed by atoms with Crippen LogP contribution in [0.25, 0.3) is 11.3 Å². The SMILES string of the molecule is CC(C)[C@H](N)C(=O)N1CCC[C@H]1c1ncc(-c2ccccc2)[nH]1. The number of nitrogens with two attached hydrogens (primary N) is 1. The van der Waals surface area contributed by atoms with Crippen molar-refractivity contribution in [2.45, 2.75) is 38.8 Å². The molecule has 2 aromatic rings. The molecule has 1 amide bonds. The Bertz CT molecular complexity index is 665. The number of imidazole rings is 1. The quantitative estimate of drug-likeness (QED) is 0.911. The van der Waals surface area contributed by atoms with Gasteiger partial charge in [-0.05, 0) is 24.3 Å². The van der Waals surface area contributed by atoms with Crippen LogP contribution in [0.4, 0.5) is 0 Å². The Hall–Kier alpha value is -2.14. The van der Waals surface area contributed by atoms with Crippen LogP contribution in [-0.4, -0.2) is 33.4 Å². The number of nitrogens with one attached hydrogen (secondary N) is 1. The number of benzene rings is 1. The third-order valence-corrected chi connectivity index (χ3v) is 4.54. The molecule has 1 saturated heterocycles. The Morgan fingerprint density at radius 2 is 2.09 bits per heavy atom. The highest BCUT2D eigenvalue weighted by molar-refractivity contribution is 5.82. The molecule has 2 atom stereocenters. The van der Waals surface area contributed by atoms with E-state index in [0.29, 0.717) is 0 Å². The van der Waals surface area contributed by atoms with Crippen LogP contribution in [0.2, 0.25) is 0 Å². The van der Waals surface area contributed by atoms with Crippen LogP contribution in [0.15, 0.2) is 36.5 Å². The van der Waals surface area contributed by atoms with Crippen molar-refractivity contribution in [1.29, 1.82) is 0 Å². The number of amides is 1. The number of hydrogen-bond acceptors (Lipinski definition) is 3. The van der Waals surface area contributed by atoms with E-state index in [0.717, 1.165) is 36.5 Å². The topological polar surface area (TPSA) is 75.0 Å². The van der Waals surface area contributed by atoms with Gasteiger partial charge in [0.15, 0.2) is 0 Å². The number of hydrogen-bond donors (Lipinski definition) is 2. The zero-order valence-corrected chi connectivity index (χ0v) is 13.7. The molecule has 1 fully saturated rings. The van der Waals surface area contributed by atoms with Crippen molar-refractivity contribution >= 4 is 5.91 Å². The van der Waals surface area contributed by atoms with Gasteiger partial charge in [0.05, 0.1) is 24.0 Å². The average molecular weight is 312 g/mol. The lowest BCUT2D eigenvalue weighted by Crippen LogP contribution is -2.46. The molecule has 3 N–H and O–H groups in total. The van der Waals surface area contributed by atoms with Crippen LogP contribution >= 0.6 is 0 Å². The number of carbonyl (C=O) groups is 1. The Morgan fingerprint density at radius 1 is 1.35 bits per heavy atom. The van der Waals surface area contributed by atoms with Gasteiger partial charge in [-0.1, -0.05) is 44.2 Å². The second-order valence-electron chi connectivity index (χ2n) is 6.51. The summed E-state index contributed by atoms with van der Waals surface area (Å²) in [5.41, 5.74) is 8.13. The minimum absolute atomic E-state index is 0.00441. The summed E-state index contributed by atoms with van der Waals surface area (Å²) >= 11 is 0. The molecular formula is C18H24N4O. The van der Waals surface area contributed by atoms with Gasteiger partial charge in [-0.2, -0.15) is 0 Å². The zero-order valence-electron chi connectivity index (χ0n) is 13.7. The van der Waals surface area contributed by atoms with Crippen molar-refractivity contribution < 1.29 is 4.79 Å². The highest BCUT2D eigenvalue weighted by Gasteiger charge is 2.35. The van der Waals surface area contributed by atoms with Gasteiger partial charge in [0.1, 0.15) is 5.82 Å². The molecule has 0 unspecified atom stereocenters.